The number of halogens is 2. The third kappa shape index (κ3) is 1.92. The normalized spacial score (nSPS) is 10.3. The van der Waals surface area contributed by atoms with Gasteiger partial charge in [-0.25, -0.2) is 4.98 Å². The molecule has 1 heterocycles. The zero-order chi connectivity index (χ0) is 9.26. The molecule has 0 unspecified atom stereocenters. The maximum Gasteiger partial charge on any atom is 0.200 e. The lowest BCUT2D eigenvalue weighted by Gasteiger charge is -1.96. The average Bonchev–Trinajstić information content (AvgIpc) is 2.52. The summed E-state index contributed by atoms with van der Waals surface area (Å²) in [5.74, 6) is 0. The Labute approximate surface area is 89.1 Å². The number of rotatable bonds is 1. The predicted octanol–water partition coefficient (Wildman–Crippen LogP) is 3.49. The smallest absolute Gasteiger partial charge is 0.200 e. The standard InChI is InChI=1S/C9H6BrClN2/c10-7-3-1-2-6(4-7)8-5-12-9(11)13-8/h1-5H,(H,12,13). The van der Waals surface area contributed by atoms with E-state index in [9.17, 15) is 0 Å². The Kier molecular flexibility index (Phi) is 2.38. The number of aromatic nitrogens is 2. The summed E-state index contributed by atoms with van der Waals surface area (Å²) in [5, 5.41) is 0.412. The summed E-state index contributed by atoms with van der Waals surface area (Å²) >= 11 is 9.07. The predicted molar refractivity (Wildman–Crippen MR) is 56.7 cm³/mol. The Bertz CT molecular complexity index is 425. The van der Waals surface area contributed by atoms with Crippen LogP contribution in [-0.2, 0) is 0 Å². The molecule has 0 fully saturated rings. The average molecular weight is 258 g/mol. The molecule has 0 radical (unpaired) electrons. The van der Waals surface area contributed by atoms with Crippen molar-refractivity contribution in [3.63, 3.8) is 0 Å². The van der Waals surface area contributed by atoms with Gasteiger partial charge in [0.2, 0.25) is 0 Å². The first-order valence-electron chi connectivity index (χ1n) is 3.72. The fourth-order valence-electron chi connectivity index (χ4n) is 1.10. The van der Waals surface area contributed by atoms with Crippen molar-refractivity contribution in [2.24, 2.45) is 0 Å². The van der Waals surface area contributed by atoms with Crippen molar-refractivity contribution in [3.05, 3.63) is 40.2 Å². The lowest BCUT2D eigenvalue weighted by molar-refractivity contribution is 1.31. The number of aromatic amines is 1. The molecule has 0 aliphatic heterocycles. The molecule has 4 heteroatoms. The second-order valence-electron chi connectivity index (χ2n) is 2.60. The molecule has 0 spiro atoms. The highest BCUT2D eigenvalue weighted by Crippen LogP contribution is 2.21. The Morgan fingerprint density at radius 3 is 2.85 bits per heavy atom. The molecule has 1 N–H and O–H groups in total. The van der Waals surface area contributed by atoms with Crippen LogP contribution in [0.4, 0.5) is 0 Å². The van der Waals surface area contributed by atoms with E-state index in [1.807, 2.05) is 24.3 Å². The van der Waals surface area contributed by atoms with Gasteiger partial charge < -0.3 is 4.98 Å². The topological polar surface area (TPSA) is 28.7 Å². The van der Waals surface area contributed by atoms with Crippen molar-refractivity contribution >= 4 is 27.5 Å². The third-order valence-corrected chi connectivity index (χ3v) is 2.37. The second-order valence-corrected chi connectivity index (χ2v) is 3.87. The molecule has 0 saturated carbocycles. The van der Waals surface area contributed by atoms with Crippen LogP contribution in [0.5, 0.6) is 0 Å². The first-order valence-corrected chi connectivity index (χ1v) is 4.89. The molecule has 0 bridgehead atoms. The number of imidazole rings is 1. The first-order chi connectivity index (χ1) is 6.25. The zero-order valence-electron chi connectivity index (χ0n) is 6.59. The number of benzene rings is 1. The van der Waals surface area contributed by atoms with Crippen molar-refractivity contribution in [1.82, 2.24) is 9.97 Å². The minimum absolute atomic E-state index is 0.412. The minimum Gasteiger partial charge on any atom is -0.329 e. The summed E-state index contributed by atoms with van der Waals surface area (Å²) in [6, 6.07) is 7.94. The van der Waals surface area contributed by atoms with Crippen LogP contribution in [0.2, 0.25) is 5.28 Å². The van der Waals surface area contributed by atoms with Gasteiger partial charge in [0, 0.05) is 10.0 Å². The van der Waals surface area contributed by atoms with E-state index in [4.69, 9.17) is 11.6 Å². The Morgan fingerprint density at radius 1 is 1.38 bits per heavy atom. The van der Waals surface area contributed by atoms with E-state index in [1.54, 1.807) is 6.20 Å². The van der Waals surface area contributed by atoms with Crippen LogP contribution < -0.4 is 0 Å². The quantitative estimate of drug-likeness (QED) is 0.832. The Hall–Kier alpha value is -0.800. The lowest BCUT2D eigenvalue weighted by Crippen LogP contribution is -1.76. The highest BCUT2D eigenvalue weighted by Gasteiger charge is 2.00. The SMILES string of the molecule is Clc1ncc(-c2cccc(Br)c2)[nH]1. The van der Waals surface area contributed by atoms with Crippen LogP contribution in [0.25, 0.3) is 11.3 Å². The number of H-pyrrole nitrogens is 1. The van der Waals surface area contributed by atoms with Crippen molar-refractivity contribution in [2.75, 3.05) is 0 Å². The molecule has 2 rings (SSSR count). The summed E-state index contributed by atoms with van der Waals surface area (Å²) in [6.45, 7) is 0. The largest absolute Gasteiger partial charge is 0.329 e. The van der Waals surface area contributed by atoms with E-state index in [1.165, 1.54) is 0 Å². The van der Waals surface area contributed by atoms with Crippen molar-refractivity contribution in [2.45, 2.75) is 0 Å². The van der Waals surface area contributed by atoms with Gasteiger partial charge >= 0.3 is 0 Å². The molecular formula is C9H6BrClN2. The third-order valence-electron chi connectivity index (χ3n) is 1.68. The molecule has 13 heavy (non-hydrogen) atoms. The lowest BCUT2D eigenvalue weighted by atomic mass is 10.2. The summed E-state index contributed by atoms with van der Waals surface area (Å²) in [5.41, 5.74) is 1.99. The van der Waals surface area contributed by atoms with Gasteiger partial charge in [0.05, 0.1) is 11.9 Å². The Balaban J connectivity index is 2.46. The van der Waals surface area contributed by atoms with Crippen LogP contribution in [-0.4, -0.2) is 9.97 Å². The zero-order valence-corrected chi connectivity index (χ0v) is 8.93. The van der Waals surface area contributed by atoms with E-state index in [-0.39, 0.29) is 0 Å². The van der Waals surface area contributed by atoms with Gasteiger partial charge in [-0.2, -0.15) is 0 Å². The second kappa shape index (κ2) is 3.52. The summed E-state index contributed by atoms with van der Waals surface area (Å²) in [6.07, 6.45) is 1.71. The highest BCUT2D eigenvalue weighted by atomic mass is 79.9. The van der Waals surface area contributed by atoms with Crippen molar-refractivity contribution in [1.29, 1.82) is 0 Å². The van der Waals surface area contributed by atoms with E-state index in [0.29, 0.717) is 5.28 Å². The summed E-state index contributed by atoms with van der Waals surface area (Å²) in [4.78, 5) is 6.87. The fourth-order valence-corrected chi connectivity index (χ4v) is 1.65. The van der Waals surface area contributed by atoms with Gasteiger partial charge in [0.25, 0.3) is 0 Å². The van der Waals surface area contributed by atoms with E-state index in [2.05, 4.69) is 25.9 Å². The molecule has 66 valence electrons. The molecule has 2 nitrogen and oxygen atoms in total. The number of nitrogens with zero attached hydrogens (tertiary/aromatic N) is 1. The molecule has 0 saturated heterocycles. The van der Waals surface area contributed by atoms with Crippen LogP contribution in [0.1, 0.15) is 0 Å². The van der Waals surface area contributed by atoms with Crippen molar-refractivity contribution in [3.8, 4) is 11.3 Å². The van der Waals surface area contributed by atoms with Crippen LogP contribution in [0.3, 0.4) is 0 Å². The van der Waals surface area contributed by atoms with Gasteiger partial charge in [-0.1, -0.05) is 28.1 Å². The van der Waals surface area contributed by atoms with E-state index >= 15 is 0 Å². The first kappa shape index (κ1) is 8.78. The summed E-state index contributed by atoms with van der Waals surface area (Å²) < 4.78 is 1.04. The molecular weight excluding hydrogens is 251 g/mol. The van der Waals surface area contributed by atoms with Gasteiger partial charge in [0.15, 0.2) is 5.28 Å². The van der Waals surface area contributed by atoms with Crippen LogP contribution >= 0.6 is 27.5 Å². The molecule has 0 aliphatic rings. The number of hydrogen-bond donors (Lipinski definition) is 1. The Morgan fingerprint density at radius 2 is 2.23 bits per heavy atom. The molecule has 0 atom stereocenters. The fraction of sp³-hybridized carbons (Fsp3) is 0. The summed E-state index contributed by atoms with van der Waals surface area (Å²) in [7, 11) is 0. The molecule has 1 aromatic carbocycles. The van der Waals surface area contributed by atoms with Gasteiger partial charge in [0.1, 0.15) is 0 Å². The molecule has 0 amide bonds. The maximum absolute atomic E-state index is 5.67. The maximum atomic E-state index is 5.67. The highest BCUT2D eigenvalue weighted by molar-refractivity contribution is 9.10. The number of nitrogens with one attached hydrogen (secondary N) is 1. The molecule has 1 aromatic heterocycles. The van der Waals surface area contributed by atoms with Gasteiger partial charge in [-0.05, 0) is 23.7 Å². The van der Waals surface area contributed by atoms with Gasteiger partial charge in [-0.3, -0.25) is 0 Å². The van der Waals surface area contributed by atoms with Crippen LogP contribution in [0.15, 0.2) is 34.9 Å². The van der Waals surface area contributed by atoms with E-state index in [0.717, 1.165) is 15.7 Å². The monoisotopic (exact) mass is 256 g/mol. The van der Waals surface area contributed by atoms with Gasteiger partial charge in [-0.15, -0.1) is 0 Å². The van der Waals surface area contributed by atoms with Crippen molar-refractivity contribution < 1.29 is 0 Å². The van der Waals surface area contributed by atoms with E-state index < -0.39 is 0 Å². The number of hydrogen-bond acceptors (Lipinski definition) is 1. The molecule has 0 aliphatic carbocycles. The molecule has 2 aromatic rings. The van der Waals surface area contributed by atoms with Crippen LogP contribution in [0, 0.1) is 0 Å². The minimum atomic E-state index is 0.412.